The van der Waals surface area contributed by atoms with Crippen LogP contribution in [-0.2, 0) is 9.59 Å². The average molecular weight is 159 g/mol. The number of hydrogen-bond acceptors (Lipinski definition) is 3. The molecule has 4 nitrogen and oxygen atoms in total. The molecule has 1 atom stereocenters. The Morgan fingerprint density at radius 3 is 2.45 bits per heavy atom. The van der Waals surface area contributed by atoms with Gasteiger partial charge in [0.05, 0.1) is 6.10 Å². The van der Waals surface area contributed by atoms with Crippen molar-refractivity contribution >= 4 is 11.7 Å². The van der Waals surface area contributed by atoms with E-state index in [2.05, 4.69) is 5.32 Å². The quantitative estimate of drug-likeness (QED) is 0.541. The van der Waals surface area contributed by atoms with Gasteiger partial charge in [-0.2, -0.15) is 0 Å². The van der Waals surface area contributed by atoms with E-state index < -0.39 is 17.8 Å². The van der Waals surface area contributed by atoms with Crippen LogP contribution in [0.25, 0.3) is 0 Å². The first-order valence-corrected chi connectivity index (χ1v) is 3.54. The number of amides is 1. The molecule has 0 aliphatic carbocycles. The minimum absolute atomic E-state index is 0.148. The van der Waals surface area contributed by atoms with Crippen molar-refractivity contribution in [3.05, 3.63) is 0 Å². The molecular weight excluding hydrogens is 146 g/mol. The summed E-state index contributed by atoms with van der Waals surface area (Å²) in [6.07, 6.45) is 0.0105. The Bertz CT molecular complexity index is 156. The second-order valence-corrected chi connectivity index (χ2v) is 2.33. The smallest absolute Gasteiger partial charge is 0.287 e. The Balaban J connectivity index is 3.54. The maximum Gasteiger partial charge on any atom is 0.287 e. The van der Waals surface area contributed by atoms with Crippen LogP contribution < -0.4 is 5.32 Å². The molecule has 1 amide bonds. The SMILES string of the molecule is CCC(O)CNC(=O)C(C)=O. The maximum absolute atomic E-state index is 10.6. The van der Waals surface area contributed by atoms with E-state index in [-0.39, 0.29) is 6.54 Å². The summed E-state index contributed by atoms with van der Waals surface area (Å²) in [6, 6.07) is 0. The number of rotatable bonds is 4. The second kappa shape index (κ2) is 4.85. The fraction of sp³-hybridized carbons (Fsp3) is 0.714. The van der Waals surface area contributed by atoms with Gasteiger partial charge in [-0.05, 0) is 6.42 Å². The molecule has 0 fully saturated rings. The molecule has 0 radical (unpaired) electrons. The highest BCUT2D eigenvalue weighted by atomic mass is 16.3. The molecule has 0 aliphatic heterocycles. The monoisotopic (exact) mass is 159 g/mol. The standard InChI is InChI=1S/C7H13NO3/c1-3-6(10)4-8-7(11)5(2)9/h6,10H,3-4H2,1-2H3,(H,8,11). The Morgan fingerprint density at radius 1 is 1.55 bits per heavy atom. The molecule has 11 heavy (non-hydrogen) atoms. The van der Waals surface area contributed by atoms with Gasteiger partial charge in [-0.15, -0.1) is 0 Å². The number of carbonyl (C=O) groups is 2. The summed E-state index contributed by atoms with van der Waals surface area (Å²) in [6.45, 7) is 3.13. The molecule has 0 heterocycles. The lowest BCUT2D eigenvalue weighted by Crippen LogP contribution is -2.35. The number of Topliss-reactive ketones (excluding diaryl/α,β-unsaturated/α-hetero) is 1. The van der Waals surface area contributed by atoms with Crippen LogP contribution in [0.2, 0.25) is 0 Å². The van der Waals surface area contributed by atoms with E-state index in [1.807, 2.05) is 0 Å². The number of hydrogen-bond donors (Lipinski definition) is 2. The second-order valence-electron chi connectivity index (χ2n) is 2.33. The first-order chi connectivity index (χ1) is 5.07. The molecular formula is C7H13NO3. The van der Waals surface area contributed by atoms with Crippen molar-refractivity contribution < 1.29 is 14.7 Å². The number of nitrogens with one attached hydrogen (secondary N) is 1. The predicted octanol–water partition coefficient (Wildman–Crippen LogP) is -0.538. The molecule has 1 unspecified atom stereocenters. The molecule has 0 bridgehead atoms. The van der Waals surface area contributed by atoms with Crippen LogP contribution >= 0.6 is 0 Å². The molecule has 2 N–H and O–H groups in total. The fourth-order valence-corrected chi connectivity index (χ4v) is 0.479. The third kappa shape index (κ3) is 4.50. The lowest BCUT2D eigenvalue weighted by molar-refractivity contribution is -0.136. The summed E-state index contributed by atoms with van der Waals surface area (Å²) >= 11 is 0. The minimum Gasteiger partial charge on any atom is -0.391 e. The first-order valence-electron chi connectivity index (χ1n) is 3.54. The van der Waals surface area contributed by atoms with Crippen LogP contribution in [0.15, 0.2) is 0 Å². The van der Waals surface area contributed by atoms with Gasteiger partial charge < -0.3 is 10.4 Å². The van der Waals surface area contributed by atoms with Crippen molar-refractivity contribution in [2.45, 2.75) is 26.4 Å². The van der Waals surface area contributed by atoms with Crippen LogP contribution in [0, 0.1) is 0 Å². The van der Waals surface area contributed by atoms with Gasteiger partial charge in [0.15, 0.2) is 0 Å². The molecule has 0 spiro atoms. The summed E-state index contributed by atoms with van der Waals surface area (Å²) < 4.78 is 0. The topological polar surface area (TPSA) is 66.4 Å². The van der Waals surface area contributed by atoms with Crippen LogP contribution in [-0.4, -0.2) is 29.4 Å². The lowest BCUT2D eigenvalue weighted by Gasteiger charge is -2.07. The Labute approximate surface area is 65.6 Å². The van der Waals surface area contributed by atoms with Gasteiger partial charge in [-0.1, -0.05) is 6.92 Å². The zero-order valence-corrected chi connectivity index (χ0v) is 6.76. The van der Waals surface area contributed by atoms with Gasteiger partial charge in [0.1, 0.15) is 0 Å². The molecule has 0 aromatic carbocycles. The van der Waals surface area contributed by atoms with Crippen molar-refractivity contribution in [1.82, 2.24) is 5.32 Å². The number of ketones is 1. The van der Waals surface area contributed by atoms with E-state index >= 15 is 0 Å². The predicted molar refractivity (Wildman–Crippen MR) is 40.0 cm³/mol. The molecule has 0 saturated carbocycles. The normalized spacial score (nSPS) is 12.3. The molecule has 0 saturated heterocycles. The summed E-state index contributed by atoms with van der Waals surface area (Å²) in [7, 11) is 0. The van der Waals surface area contributed by atoms with E-state index in [1.54, 1.807) is 6.92 Å². The minimum atomic E-state index is -0.641. The summed E-state index contributed by atoms with van der Waals surface area (Å²) in [4.78, 5) is 20.9. The number of carbonyl (C=O) groups excluding carboxylic acids is 2. The molecule has 0 rings (SSSR count). The van der Waals surface area contributed by atoms with Gasteiger partial charge in [0.25, 0.3) is 5.91 Å². The van der Waals surface area contributed by atoms with Gasteiger partial charge in [-0.3, -0.25) is 9.59 Å². The third-order valence-electron chi connectivity index (χ3n) is 1.29. The van der Waals surface area contributed by atoms with Crippen molar-refractivity contribution in [3.8, 4) is 0 Å². The maximum atomic E-state index is 10.6. The molecule has 0 aromatic heterocycles. The van der Waals surface area contributed by atoms with Crippen LogP contribution in [0.3, 0.4) is 0 Å². The summed E-state index contributed by atoms with van der Waals surface area (Å²) in [5.74, 6) is -1.18. The highest BCUT2D eigenvalue weighted by Gasteiger charge is 2.08. The van der Waals surface area contributed by atoms with Crippen LogP contribution in [0.4, 0.5) is 0 Å². The van der Waals surface area contributed by atoms with Crippen LogP contribution in [0.1, 0.15) is 20.3 Å². The average Bonchev–Trinajstić information content (AvgIpc) is 1.99. The Kier molecular flexibility index (Phi) is 4.45. The van der Waals surface area contributed by atoms with E-state index in [9.17, 15) is 9.59 Å². The zero-order chi connectivity index (χ0) is 8.85. The highest BCUT2D eigenvalue weighted by molar-refractivity contribution is 6.35. The summed E-state index contributed by atoms with van der Waals surface area (Å²) in [5.41, 5.74) is 0. The summed E-state index contributed by atoms with van der Waals surface area (Å²) in [5, 5.41) is 11.3. The van der Waals surface area contributed by atoms with E-state index in [1.165, 1.54) is 6.92 Å². The van der Waals surface area contributed by atoms with Gasteiger partial charge in [-0.25, -0.2) is 0 Å². The van der Waals surface area contributed by atoms with Gasteiger partial charge in [0.2, 0.25) is 5.78 Å². The van der Waals surface area contributed by atoms with Crippen molar-refractivity contribution in [1.29, 1.82) is 0 Å². The molecule has 4 heteroatoms. The first kappa shape index (κ1) is 10.1. The van der Waals surface area contributed by atoms with Crippen molar-refractivity contribution in [3.63, 3.8) is 0 Å². The lowest BCUT2D eigenvalue weighted by atomic mass is 10.3. The number of aliphatic hydroxyl groups is 1. The van der Waals surface area contributed by atoms with Crippen molar-refractivity contribution in [2.75, 3.05) is 6.54 Å². The number of aliphatic hydroxyl groups excluding tert-OH is 1. The molecule has 0 aliphatic rings. The van der Waals surface area contributed by atoms with Gasteiger partial charge >= 0.3 is 0 Å². The van der Waals surface area contributed by atoms with E-state index in [4.69, 9.17) is 5.11 Å². The van der Waals surface area contributed by atoms with Crippen molar-refractivity contribution in [2.24, 2.45) is 0 Å². The van der Waals surface area contributed by atoms with Gasteiger partial charge in [0, 0.05) is 13.5 Å². The fourth-order valence-electron chi connectivity index (χ4n) is 0.479. The van der Waals surface area contributed by atoms with E-state index in [0.29, 0.717) is 6.42 Å². The van der Waals surface area contributed by atoms with Crippen LogP contribution in [0.5, 0.6) is 0 Å². The Morgan fingerprint density at radius 2 is 2.09 bits per heavy atom. The zero-order valence-electron chi connectivity index (χ0n) is 6.76. The Hall–Kier alpha value is -0.900. The third-order valence-corrected chi connectivity index (χ3v) is 1.29. The highest BCUT2D eigenvalue weighted by Crippen LogP contribution is 1.85. The van der Waals surface area contributed by atoms with E-state index in [0.717, 1.165) is 0 Å². The molecule has 0 aromatic rings. The molecule has 64 valence electrons. The largest absolute Gasteiger partial charge is 0.391 e.